The van der Waals surface area contributed by atoms with Gasteiger partial charge in [0.2, 0.25) is 0 Å². The van der Waals surface area contributed by atoms with Crippen molar-refractivity contribution in [1.82, 2.24) is 0 Å². The van der Waals surface area contributed by atoms with Gasteiger partial charge in [0, 0.05) is 19.3 Å². The minimum absolute atomic E-state index is 0.0859. The second-order valence-electron chi connectivity index (χ2n) is 22.7. The topological polar surface area (TPSA) is 78.9 Å². The van der Waals surface area contributed by atoms with E-state index >= 15 is 0 Å². The van der Waals surface area contributed by atoms with E-state index in [1.54, 1.807) is 0 Å². The van der Waals surface area contributed by atoms with Gasteiger partial charge in [-0.2, -0.15) is 0 Å². The van der Waals surface area contributed by atoms with Crippen LogP contribution in [0.2, 0.25) is 0 Å². The van der Waals surface area contributed by atoms with Gasteiger partial charge in [0.1, 0.15) is 13.2 Å². The molecule has 6 heteroatoms. The van der Waals surface area contributed by atoms with E-state index in [2.05, 4.69) is 142 Å². The summed E-state index contributed by atoms with van der Waals surface area (Å²) in [4.78, 5) is 38.4. The van der Waals surface area contributed by atoms with Crippen molar-refractivity contribution in [3.05, 3.63) is 122 Å². The Hall–Kier alpha value is -4.19. The Morgan fingerprint density at radius 3 is 0.793 bits per heavy atom. The molecule has 0 aliphatic carbocycles. The maximum absolute atomic E-state index is 12.9. The summed E-state index contributed by atoms with van der Waals surface area (Å²) in [6.07, 6.45) is 96.5. The van der Waals surface area contributed by atoms with E-state index in [-0.39, 0.29) is 31.1 Å². The lowest BCUT2D eigenvalue weighted by molar-refractivity contribution is -0.167. The van der Waals surface area contributed by atoms with Crippen LogP contribution in [0.3, 0.4) is 0 Å². The van der Waals surface area contributed by atoms with E-state index in [9.17, 15) is 14.4 Å². The predicted molar refractivity (Wildman–Crippen MR) is 357 cm³/mol. The Morgan fingerprint density at radius 2 is 0.500 bits per heavy atom. The Labute approximate surface area is 507 Å². The first kappa shape index (κ1) is 77.8. The second kappa shape index (κ2) is 69.3. The molecule has 0 spiro atoms. The minimum atomic E-state index is -0.789. The zero-order valence-electron chi connectivity index (χ0n) is 53.7. The van der Waals surface area contributed by atoms with Crippen molar-refractivity contribution in [3.8, 4) is 0 Å². The van der Waals surface area contributed by atoms with Crippen LogP contribution in [0.15, 0.2) is 122 Å². The minimum Gasteiger partial charge on any atom is -0.462 e. The summed E-state index contributed by atoms with van der Waals surface area (Å²) in [7, 11) is 0. The smallest absolute Gasteiger partial charge is 0.306 e. The molecule has 0 amide bonds. The molecule has 0 fully saturated rings. The zero-order chi connectivity index (χ0) is 59.2. The van der Waals surface area contributed by atoms with Crippen molar-refractivity contribution < 1.29 is 28.6 Å². The molecule has 468 valence electrons. The summed E-state index contributed by atoms with van der Waals surface area (Å²) >= 11 is 0. The highest BCUT2D eigenvalue weighted by Gasteiger charge is 2.19. The van der Waals surface area contributed by atoms with Gasteiger partial charge in [-0.15, -0.1) is 0 Å². The predicted octanol–water partition coefficient (Wildman–Crippen LogP) is 23.9. The number of esters is 3. The molecule has 0 aromatic heterocycles. The molecule has 1 unspecified atom stereocenters. The van der Waals surface area contributed by atoms with E-state index in [1.807, 2.05) is 0 Å². The Morgan fingerprint density at radius 1 is 0.256 bits per heavy atom. The largest absolute Gasteiger partial charge is 0.462 e. The van der Waals surface area contributed by atoms with E-state index in [0.717, 1.165) is 148 Å². The standard InChI is InChI=1S/C76H128O6/c1-4-7-10-13-16-19-22-25-27-29-31-32-33-34-35-36-37-38-39-40-41-42-43-44-45-47-48-51-54-57-60-63-66-69-75(78)81-72-73(71-80-74(77)68-65-62-59-56-53-50-24-21-18-15-12-9-6-3)82-76(79)70-67-64-61-58-55-52-49-46-30-28-26-23-20-17-14-11-8-5-2/h7,10,12,15-16,19,21,24-25,27,31-32,34-35,37-38,40-41,43-44,73H,4-6,8-9,11,13-14,17-18,20,22-23,26,28-30,33,36,39,42,45-72H2,1-3H3/b10-7-,15-12-,19-16-,24-21-,27-25-,32-31-,35-34-,38-37-,41-40-,44-43-. The summed E-state index contributed by atoms with van der Waals surface area (Å²) < 4.78 is 16.9. The molecule has 0 aromatic carbocycles. The molecule has 0 bridgehead atoms. The second-order valence-corrected chi connectivity index (χ2v) is 22.7. The lowest BCUT2D eigenvalue weighted by Gasteiger charge is -2.18. The fraction of sp³-hybridized carbons (Fsp3) is 0.697. The van der Waals surface area contributed by atoms with Gasteiger partial charge in [-0.25, -0.2) is 0 Å². The third-order valence-corrected chi connectivity index (χ3v) is 14.7. The molecule has 0 rings (SSSR count). The van der Waals surface area contributed by atoms with Crippen molar-refractivity contribution in [2.45, 2.75) is 329 Å². The molecule has 0 aliphatic heterocycles. The summed E-state index contributed by atoms with van der Waals surface area (Å²) in [6.45, 7) is 6.47. The Kier molecular flexibility index (Phi) is 65.8. The quantitative estimate of drug-likeness (QED) is 0.0261. The van der Waals surface area contributed by atoms with E-state index < -0.39 is 6.10 Å². The molecule has 82 heavy (non-hydrogen) atoms. The molecule has 0 saturated heterocycles. The number of carbonyl (C=O) groups is 3. The number of unbranched alkanes of at least 4 members (excludes halogenated alkanes) is 31. The monoisotopic (exact) mass is 1140 g/mol. The van der Waals surface area contributed by atoms with Gasteiger partial charge in [-0.3, -0.25) is 14.4 Å². The SMILES string of the molecule is CC/C=C\C/C=C\C/C=C\C/C=C\C/C=C\C/C=C\C/C=C\C/C=C\CCCCCCCCCCC(=O)OCC(COC(=O)CCCCCCC/C=C\C/C=C\CCC)OC(=O)CCCCCCCCCCCCCCCCCCCC. The van der Waals surface area contributed by atoms with Crippen molar-refractivity contribution in [2.75, 3.05) is 13.2 Å². The van der Waals surface area contributed by atoms with Gasteiger partial charge in [0.25, 0.3) is 0 Å². The van der Waals surface area contributed by atoms with E-state index in [0.29, 0.717) is 19.3 Å². The van der Waals surface area contributed by atoms with Gasteiger partial charge in [-0.05, 0) is 109 Å². The van der Waals surface area contributed by atoms with Crippen LogP contribution in [0.5, 0.6) is 0 Å². The molecule has 0 aliphatic rings. The van der Waals surface area contributed by atoms with Crippen molar-refractivity contribution in [1.29, 1.82) is 0 Å². The molecule has 1 atom stereocenters. The van der Waals surface area contributed by atoms with Crippen LogP contribution < -0.4 is 0 Å². The van der Waals surface area contributed by atoms with Crippen LogP contribution in [0.25, 0.3) is 0 Å². The first-order valence-electron chi connectivity index (χ1n) is 34.5. The van der Waals surface area contributed by atoms with Crippen molar-refractivity contribution in [2.24, 2.45) is 0 Å². The van der Waals surface area contributed by atoms with Crippen LogP contribution >= 0.6 is 0 Å². The normalized spacial score (nSPS) is 12.9. The van der Waals surface area contributed by atoms with Crippen LogP contribution in [0, 0.1) is 0 Å². The summed E-state index contributed by atoms with van der Waals surface area (Å²) in [5.74, 6) is -0.896. The number of carbonyl (C=O) groups excluding carboxylic acids is 3. The maximum atomic E-state index is 12.9. The first-order valence-corrected chi connectivity index (χ1v) is 34.5. The number of hydrogen-bond acceptors (Lipinski definition) is 6. The van der Waals surface area contributed by atoms with Crippen LogP contribution in [0.4, 0.5) is 0 Å². The van der Waals surface area contributed by atoms with Gasteiger partial charge in [0.15, 0.2) is 6.10 Å². The number of hydrogen-bond donors (Lipinski definition) is 0. The van der Waals surface area contributed by atoms with Gasteiger partial charge >= 0.3 is 17.9 Å². The van der Waals surface area contributed by atoms with Crippen molar-refractivity contribution >= 4 is 17.9 Å². The summed E-state index contributed by atoms with van der Waals surface area (Å²) in [5, 5.41) is 0. The van der Waals surface area contributed by atoms with Crippen LogP contribution in [-0.4, -0.2) is 37.2 Å². The van der Waals surface area contributed by atoms with Crippen LogP contribution in [0.1, 0.15) is 323 Å². The van der Waals surface area contributed by atoms with Gasteiger partial charge in [0.05, 0.1) is 0 Å². The molecule has 0 heterocycles. The van der Waals surface area contributed by atoms with E-state index in [4.69, 9.17) is 14.2 Å². The molecule has 0 radical (unpaired) electrons. The fourth-order valence-electron chi connectivity index (χ4n) is 9.56. The zero-order valence-corrected chi connectivity index (χ0v) is 53.7. The van der Waals surface area contributed by atoms with Gasteiger partial charge < -0.3 is 14.2 Å². The molecular formula is C76H128O6. The van der Waals surface area contributed by atoms with Gasteiger partial charge in [-0.1, -0.05) is 316 Å². The number of rotatable bonds is 62. The number of allylic oxidation sites excluding steroid dienone is 20. The maximum Gasteiger partial charge on any atom is 0.306 e. The highest BCUT2D eigenvalue weighted by Crippen LogP contribution is 2.17. The molecular weight excluding hydrogens is 1010 g/mol. The van der Waals surface area contributed by atoms with Crippen LogP contribution in [-0.2, 0) is 28.6 Å². The fourth-order valence-corrected chi connectivity index (χ4v) is 9.56. The average Bonchev–Trinajstić information content (AvgIpc) is 3.47. The Balaban J connectivity index is 4.28. The summed E-state index contributed by atoms with van der Waals surface area (Å²) in [6, 6.07) is 0. The third-order valence-electron chi connectivity index (χ3n) is 14.7. The molecule has 6 nitrogen and oxygen atoms in total. The van der Waals surface area contributed by atoms with E-state index in [1.165, 1.54) is 135 Å². The Bertz CT molecular complexity index is 1690. The lowest BCUT2D eigenvalue weighted by atomic mass is 10.0. The first-order chi connectivity index (χ1) is 40.5. The number of ether oxygens (including phenoxy) is 3. The average molecular weight is 1140 g/mol. The third kappa shape index (κ3) is 66.6. The highest BCUT2D eigenvalue weighted by atomic mass is 16.6. The summed E-state index contributed by atoms with van der Waals surface area (Å²) in [5.41, 5.74) is 0. The lowest BCUT2D eigenvalue weighted by Crippen LogP contribution is -2.30. The molecule has 0 N–H and O–H groups in total. The highest BCUT2D eigenvalue weighted by molar-refractivity contribution is 5.71. The van der Waals surface area contributed by atoms with Crippen molar-refractivity contribution in [3.63, 3.8) is 0 Å². The molecule has 0 saturated carbocycles. The molecule has 0 aromatic rings.